The van der Waals surface area contributed by atoms with E-state index in [4.69, 9.17) is 45.8 Å². The van der Waals surface area contributed by atoms with Crippen LogP contribution in [0.5, 0.6) is 0 Å². The Morgan fingerprint density at radius 3 is 1.80 bits per heavy atom. The highest BCUT2D eigenvalue weighted by atomic mass is 35.5. The van der Waals surface area contributed by atoms with Crippen molar-refractivity contribution in [2.45, 2.75) is 0 Å². The lowest BCUT2D eigenvalue weighted by atomic mass is 11.2. The molecule has 0 aliphatic heterocycles. The molecule has 0 aromatic carbocycles. The fourth-order valence-corrected chi connectivity index (χ4v) is 3.03. The minimum absolute atomic E-state index is 0.0586. The third-order valence-corrected chi connectivity index (χ3v) is 3.96. The maximum absolute atomic E-state index is 10.6. The number of hydrogen-bond donors (Lipinski definition) is 2. The maximum Gasteiger partial charge on any atom is 0.266 e. The van der Waals surface area contributed by atoms with Gasteiger partial charge in [-0.1, -0.05) is 34.8 Å². The van der Waals surface area contributed by atoms with Crippen LogP contribution in [-0.4, -0.2) is 0 Å². The molecule has 4 N–H and O–H groups in total. The summed E-state index contributed by atoms with van der Waals surface area (Å²) < 4.78 is 10.4. The van der Waals surface area contributed by atoms with Crippen molar-refractivity contribution in [1.82, 2.24) is 0 Å². The van der Waals surface area contributed by atoms with E-state index in [2.05, 4.69) is 0 Å². The molecule has 0 atom stereocenters. The summed E-state index contributed by atoms with van der Waals surface area (Å²) in [5.74, 6) is 0. The molecular weight excluding hydrogens is 237 g/mol. The summed E-state index contributed by atoms with van der Waals surface area (Å²) in [5.41, 5.74) is 9.87. The Morgan fingerprint density at radius 1 is 1.30 bits per heavy atom. The summed E-state index contributed by atoms with van der Waals surface area (Å²) in [6.07, 6.45) is 0. The van der Waals surface area contributed by atoms with Crippen molar-refractivity contribution in [1.29, 1.82) is 0 Å². The first kappa shape index (κ1) is 11.1. The van der Waals surface area contributed by atoms with Gasteiger partial charge in [-0.15, -0.1) is 0 Å². The predicted octanol–water partition coefficient (Wildman–Crippen LogP) is 2.59. The summed E-state index contributed by atoms with van der Waals surface area (Å²) in [5, 5.41) is 0. The quantitative estimate of drug-likeness (QED) is 0.729. The Balaban J connectivity index is 4.20. The Bertz CT molecular complexity index is 197. The standard InChI is InChI=1S/C2H4Cl3N2OPS/c3-1(4)2(5)10-9(6,7)8/h(H4,6,7,8). The van der Waals surface area contributed by atoms with Crippen molar-refractivity contribution in [3.8, 4) is 0 Å². The van der Waals surface area contributed by atoms with Crippen molar-refractivity contribution in [2.75, 3.05) is 0 Å². The predicted molar refractivity (Wildman–Crippen MR) is 48.2 cm³/mol. The van der Waals surface area contributed by atoms with Crippen molar-refractivity contribution in [3.63, 3.8) is 0 Å². The summed E-state index contributed by atoms with van der Waals surface area (Å²) >= 11 is 16.3. The molecule has 60 valence electrons. The molecule has 0 unspecified atom stereocenters. The molecule has 0 saturated heterocycles. The van der Waals surface area contributed by atoms with Crippen LogP contribution in [0, 0.1) is 0 Å². The lowest BCUT2D eigenvalue weighted by molar-refractivity contribution is 0.587. The van der Waals surface area contributed by atoms with E-state index in [1.165, 1.54) is 0 Å². The molecule has 0 aliphatic carbocycles. The average molecular weight is 241 g/mol. The molecule has 0 bridgehead atoms. The normalized spacial score (nSPS) is 11.3. The fourth-order valence-electron chi connectivity index (χ4n) is 0.160. The molecule has 0 amide bonds. The summed E-state index contributed by atoms with van der Waals surface area (Å²) in [4.78, 5) is 0. The zero-order chi connectivity index (χ0) is 8.36. The SMILES string of the molecule is NP(N)(=O)SC(Cl)=C(Cl)Cl. The molecule has 3 nitrogen and oxygen atoms in total. The minimum atomic E-state index is -3.22. The van der Waals surface area contributed by atoms with Crippen LogP contribution in [-0.2, 0) is 4.57 Å². The van der Waals surface area contributed by atoms with Crippen LogP contribution in [0.25, 0.3) is 0 Å². The van der Waals surface area contributed by atoms with Crippen LogP contribution in [0.2, 0.25) is 0 Å². The fraction of sp³-hybridized carbons (Fsp3) is 0. The number of nitrogens with two attached hydrogens (primary N) is 2. The van der Waals surface area contributed by atoms with Gasteiger partial charge in [0, 0.05) is 0 Å². The topological polar surface area (TPSA) is 69.1 Å². The van der Waals surface area contributed by atoms with Crippen molar-refractivity contribution in [3.05, 3.63) is 8.86 Å². The Hall–Kier alpha value is 1.11. The highest BCUT2D eigenvalue weighted by molar-refractivity contribution is 8.59. The van der Waals surface area contributed by atoms with Gasteiger partial charge in [0.1, 0.15) is 8.86 Å². The van der Waals surface area contributed by atoms with E-state index in [0.717, 1.165) is 0 Å². The largest absolute Gasteiger partial charge is 0.277 e. The van der Waals surface area contributed by atoms with E-state index in [1.54, 1.807) is 0 Å². The first-order valence-corrected chi connectivity index (χ1v) is 6.30. The molecule has 10 heavy (non-hydrogen) atoms. The van der Waals surface area contributed by atoms with Crippen molar-refractivity contribution in [2.24, 2.45) is 11.0 Å². The van der Waals surface area contributed by atoms with Crippen LogP contribution < -0.4 is 11.0 Å². The molecule has 0 aliphatic rings. The smallest absolute Gasteiger partial charge is 0.266 e. The molecule has 0 rings (SSSR count). The van der Waals surface area contributed by atoms with Gasteiger partial charge in [-0.2, -0.15) is 0 Å². The second-order valence-corrected chi connectivity index (χ2v) is 6.96. The van der Waals surface area contributed by atoms with E-state index in [0.29, 0.717) is 11.4 Å². The van der Waals surface area contributed by atoms with E-state index >= 15 is 0 Å². The van der Waals surface area contributed by atoms with E-state index in [1.807, 2.05) is 0 Å². The molecule has 0 radical (unpaired) electrons. The minimum Gasteiger partial charge on any atom is -0.277 e. The van der Waals surface area contributed by atoms with Crippen LogP contribution in [0.1, 0.15) is 0 Å². The van der Waals surface area contributed by atoms with Gasteiger partial charge in [-0.3, -0.25) is 15.6 Å². The zero-order valence-corrected chi connectivity index (χ0v) is 8.53. The summed E-state index contributed by atoms with van der Waals surface area (Å²) in [6, 6.07) is 0. The van der Waals surface area contributed by atoms with Gasteiger partial charge in [0.15, 0.2) is 0 Å². The lowest BCUT2D eigenvalue weighted by Crippen LogP contribution is -1.99. The summed E-state index contributed by atoms with van der Waals surface area (Å²) in [6.45, 7) is -3.22. The van der Waals surface area contributed by atoms with Crippen LogP contribution in [0.3, 0.4) is 0 Å². The van der Waals surface area contributed by atoms with E-state index in [-0.39, 0.29) is 8.86 Å². The van der Waals surface area contributed by atoms with Gasteiger partial charge in [0.25, 0.3) is 6.65 Å². The summed E-state index contributed by atoms with van der Waals surface area (Å²) in [7, 11) is 0. The second-order valence-electron chi connectivity index (χ2n) is 1.27. The van der Waals surface area contributed by atoms with Gasteiger partial charge < -0.3 is 0 Å². The highest BCUT2D eigenvalue weighted by Gasteiger charge is 2.13. The molecule has 8 heteroatoms. The zero-order valence-electron chi connectivity index (χ0n) is 4.55. The van der Waals surface area contributed by atoms with E-state index in [9.17, 15) is 4.57 Å². The molecule has 0 spiro atoms. The molecule has 0 aromatic heterocycles. The van der Waals surface area contributed by atoms with Gasteiger partial charge in [0.2, 0.25) is 0 Å². The molecular formula is C2H4Cl3N2OPS. The van der Waals surface area contributed by atoms with Gasteiger partial charge in [-0.25, -0.2) is 0 Å². The van der Waals surface area contributed by atoms with Crippen LogP contribution in [0.15, 0.2) is 8.86 Å². The lowest BCUT2D eigenvalue weighted by Gasteiger charge is -2.02. The third kappa shape index (κ3) is 5.86. The monoisotopic (exact) mass is 240 g/mol. The molecule has 0 heterocycles. The van der Waals surface area contributed by atoms with Gasteiger partial charge in [-0.05, 0) is 11.4 Å². The first-order valence-electron chi connectivity index (χ1n) is 1.90. The average Bonchev–Trinajstić information content (AvgIpc) is 1.60. The van der Waals surface area contributed by atoms with Gasteiger partial charge >= 0.3 is 0 Å². The van der Waals surface area contributed by atoms with Crippen LogP contribution >= 0.6 is 52.8 Å². The Morgan fingerprint density at radius 2 is 1.70 bits per heavy atom. The number of halogens is 3. The van der Waals surface area contributed by atoms with Gasteiger partial charge in [0.05, 0.1) is 0 Å². The second kappa shape index (κ2) is 4.21. The van der Waals surface area contributed by atoms with Crippen LogP contribution in [0.4, 0.5) is 0 Å². The highest BCUT2D eigenvalue weighted by Crippen LogP contribution is 2.51. The Labute approximate surface area is 77.3 Å². The van der Waals surface area contributed by atoms with Crippen molar-refractivity contribution >= 4 is 52.8 Å². The van der Waals surface area contributed by atoms with Crippen molar-refractivity contribution < 1.29 is 4.57 Å². The molecule has 0 fully saturated rings. The third-order valence-electron chi connectivity index (χ3n) is 0.371. The molecule has 0 aromatic rings. The molecule has 0 saturated carbocycles. The number of hydrogen-bond acceptors (Lipinski definition) is 2. The number of rotatable bonds is 2. The maximum atomic E-state index is 10.6. The van der Waals surface area contributed by atoms with E-state index < -0.39 is 6.65 Å². The first-order chi connectivity index (χ1) is 4.33. The Kier molecular flexibility index (Phi) is 4.68.